The van der Waals surface area contributed by atoms with Gasteiger partial charge >= 0.3 is 0 Å². The Labute approximate surface area is 104 Å². The topological polar surface area (TPSA) is 28.4 Å². The molecule has 0 spiro atoms. The van der Waals surface area contributed by atoms with Gasteiger partial charge in [-0.25, -0.2) is 0 Å². The molecule has 0 saturated carbocycles. The third-order valence-electron chi connectivity index (χ3n) is 3.82. The molecule has 3 nitrogen and oxygen atoms in total. The van der Waals surface area contributed by atoms with Crippen molar-refractivity contribution in [2.45, 2.75) is 33.2 Å². The average molecular weight is 236 g/mol. The summed E-state index contributed by atoms with van der Waals surface area (Å²) < 4.78 is 5.43. The predicted octanol–water partition coefficient (Wildman–Crippen LogP) is 2.49. The first-order valence-corrected chi connectivity index (χ1v) is 6.67. The van der Waals surface area contributed by atoms with Crippen LogP contribution in [0.4, 0.5) is 0 Å². The van der Waals surface area contributed by atoms with Gasteiger partial charge in [0.05, 0.1) is 12.8 Å². The highest BCUT2D eigenvalue weighted by Crippen LogP contribution is 2.29. The molecule has 96 valence electrons. The van der Waals surface area contributed by atoms with E-state index in [1.807, 2.05) is 6.07 Å². The van der Waals surface area contributed by atoms with Gasteiger partial charge in [0, 0.05) is 6.54 Å². The van der Waals surface area contributed by atoms with Gasteiger partial charge in [-0.3, -0.25) is 4.90 Å². The number of furan rings is 1. The Bertz CT molecular complexity index is 315. The van der Waals surface area contributed by atoms with E-state index in [2.05, 4.69) is 30.1 Å². The largest absolute Gasteiger partial charge is 0.468 e. The molecular formula is C14H24N2O. The number of nitrogens with zero attached hydrogens (tertiary/aromatic N) is 1. The standard InChI is InChI=1S/C14H24N2O/c1-3-16(11-13-5-4-10-17-13)12-14(2)6-8-15-9-7-14/h4-5,10,15H,3,6-9,11-12H2,1-2H3. The molecule has 0 amide bonds. The average Bonchev–Trinajstić information content (AvgIpc) is 2.81. The van der Waals surface area contributed by atoms with Crippen LogP contribution in [0.2, 0.25) is 0 Å². The van der Waals surface area contributed by atoms with Crippen LogP contribution in [0.1, 0.15) is 32.4 Å². The van der Waals surface area contributed by atoms with Crippen molar-refractivity contribution in [3.05, 3.63) is 24.2 Å². The second-order valence-electron chi connectivity index (χ2n) is 5.44. The number of piperidine rings is 1. The first-order valence-electron chi connectivity index (χ1n) is 6.67. The summed E-state index contributed by atoms with van der Waals surface area (Å²) in [5.74, 6) is 1.07. The zero-order chi connectivity index (χ0) is 12.1. The van der Waals surface area contributed by atoms with Crippen LogP contribution < -0.4 is 5.32 Å². The molecule has 2 rings (SSSR count). The molecule has 3 heteroatoms. The molecule has 0 bridgehead atoms. The monoisotopic (exact) mass is 236 g/mol. The van der Waals surface area contributed by atoms with Gasteiger partial charge in [0.25, 0.3) is 0 Å². The maximum atomic E-state index is 5.43. The lowest BCUT2D eigenvalue weighted by atomic mass is 9.80. The molecule has 0 radical (unpaired) electrons. The summed E-state index contributed by atoms with van der Waals surface area (Å²) in [6, 6.07) is 4.03. The van der Waals surface area contributed by atoms with Gasteiger partial charge in [-0.05, 0) is 50.0 Å². The van der Waals surface area contributed by atoms with Gasteiger partial charge in [0.1, 0.15) is 5.76 Å². The lowest BCUT2D eigenvalue weighted by Crippen LogP contribution is -2.42. The summed E-state index contributed by atoms with van der Waals surface area (Å²) in [7, 11) is 0. The maximum absolute atomic E-state index is 5.43. The van der Waals surface area contributed by atoms with Crippen molar-refractivity contribution in [3.63, 3.8) is 0 Å². The maximum Gasteiger partial charge on any atom is 0.117 e. The Hall–Kier alpha value is -0.800. The van der Waals surface area contributed by atoms with Crippen LogP contribution in [-0.4, -0.2) is 31.1 Å². The lowest BCUT2D eigenvalue weighted by molar-refractivity contribution is 0.121. The molecule has 1 aromatic heterocycles. The van der Waals surface area contributed by atoms with E-state index in [0.717, 1.165) is 31.9 Å². The smallest absolute Gasteiger partial charge is 0.117 e. The Morgan fingerprint density at radius 1 is 1.41 bits per heavy atom. The van der Waals surface area contributed by atoms with Crippen LogP contribution in [0.25, 0.3) is 0 Å². The minimum Gasteiger partial charge on any atom is -0.468 e. The fraction of sp³-hybridized carbons (Fsp3) is 0.714. The van der Waals surface area contributed by atoms with E-state index >= 15 is 0 Å². The molecule has 1 saturated heterocycles. The Morgan fingerprint density at radius 3 is 2.76 bits per heavy atom. The molecule has 2 heterocycles. The van der Waals surface area contributed by atoms with Gasteiger partial charge in [-0.2, -0.15) is 0 Å². The molecule has 17 heavy (non-hydrogen) atoms. The van der Waals surface area contributed by atoms with Crippen LogP contribution in [0.15, 0.2) is 22.8 Å². The summed E-state index contributed by atoms with van der Waals surface area (Å²) >= 11 is 0. The van der Waals surface area contributed by atoms with Crippen LogP contribution in [0.3, 0.4) is 0 Å². The Morgan fingerprint density at radius 2 is 2.18 bits per heavy atom. The van der Waals surface area contributed by atoms with E-state index in [9.17, 15) is 0 Å². The quantitative estimate of drug-likeness (QED) is 0.851. The normalized spacial score (nSPS) is 19.7. The first kappa shape index (κ1) is 12.7. The highest BCUT2D eigenvalue weighted by atomic mass is 16.3. The van der Waals surface area contributed by atoms with Gasteiger partial charge in [-0.15, -0.1) is 0 Å². The second kappa shape index (κ2) is 5.69. The van der Waals surface area contributed by atoms with Gasteiger partial charge in [-0.1, -0.05) is 13.8 Å². The molecule has 0 atom stereocenters. The van der Waals surface area contributed by atoms with E-state index in [-0.39, 0.29) is 0 Å². The third-order valence-corrected chi connectivity index (χ3v) is 3.82. The van der Waals surface area contributed by atoms with Crippen LogP contribution >= 0.6 is 0 Å². The number of hydrogen-bond donors (Lipinski definition) is 1. The van der Waals surface area contributed by atoms with E-state index in [1.165, 1.54) is 19.4 Å². The summed E-state index contributed by atoms with van der Waals surface area (Å²) in [6.07, 6.45) is 4.32. The molecule has 0 aliphatic carbocycles. The molecule has 1 N–H and O–H groups in total. The minimum absolute atomic E-state index is 0.466. The number of hydrogen-bond acceptors (Lipinski definition) is 3. The Balaban J connectivity index is 1.90. The first-order chi connectivity index (χ1) is 8.22. The van der Waals surface area contributed by atoms with Crippen molar-refractivity contribution >= 4 is 0 Å². The number of rotatable bonds is 5. The fourth-order valence-corrected chi connectivity index (χ4v) is 2.63. The van der Waals surface area contributed by atoms with E-state index in [4.69, 9.17) is 4.42 Å². The van der Waals surface area contributed by atoms with Crippen molar-refractivity contribution < 1.29 is 4.42 Å². The van der Waals surface area contributed by atoms with E-state index in [1.54, 1.807) is 6.26 Å². The van der Waals surface area contributed by atoms with Crippen molar-refractivity contribution in [2.75, 3.05) is 26.2 Å². The minimum atomic E-state index is 0.466. The zero-order valence-corrected chi connectivity index (χ0v) is 11.0. The van der Waals surface area contributed by atoms with Gasteiger partial charge in [0.2, 0.25) is 0 Å². The predicted molar refractivity (Wildman–Crippen MR) is 69.9 cm³/mol. The van der Waals surface area contributed by atoms with Gasteiger partial charge in [0.15, 0.2) is 0 Å². The van der Waals surface area contributed by atoms with E-state index < -0.39 is 0 Å². The summed E-state index contributed by atoms with van der Waals surface area (Å²) in [4.78, 5) is 2.49. The van der Waals surface area contributed by atoms with Crippen molar-refractivity contribution in [1.29, 1.82) is 0 Å². The summed E-state index contributed by atoms with van der Waals surface area (Å²) in [6.45, 7) is 10.2. The SMILES string of the molecule is CCN(Cc1ccco1)CC1(C)CCNCC1. The molecule has 1 aliphatic heterocycles. The zero-order valence-electron chi connectivity index (χ0n) is 11.0. The highest BCUT2D eigenvalue weighted by Gasteiger charge is 2.28. The lowest BCUT2D eigenvalue weighted by Gasteiger charge is -2.38. The summed E-state index contributed by atoms with van der Waals surface area (Å²) in [5.41, 5.74) is 0.466. The van der Waals surface area contributed by atoms with Crippen molar-refractivity contribution in [1.82, 2.24) is 10.2 Å². The van der Waals surface area contributed by atoms with Crippen molar-refractivity contribution in [2.24, 2.45) is 5.41 Å². The summed E-state index contributed by atoms with van der Waals surface area (Å²) in [5, 5.41) is 3.44. The molecule has 1 fully saturated rings. The number of nitrogens with one attached hydrogen (secondary N) is 1. The van der Waals surface area contributed by atoms with Crippen LogP contribution in [0, 0.1) is 5.41 Å². The van der Waals surface area contributed by atoms with Crippen LogP contribution in [0.5, 0.6) is 0 Å². The Kier molecular flexibility index (Phi) is 4.24. The van der Waals surface area contributed by atoms with Crippen LogP contribution in [-0.2, 0) is 6.54 Å². The van der Waals surface area contributed by atoms with Gasteiger partial charge < -0.3 is 9.73 Å². The van der Waals surface area contributed by atoms with E-state index in [0.29, 0.717) is 5.41 Å². The second-order valence-corrected chi connectivity index (χ2v) is 5.44. The van der Waals surface area contributed by atoms with Crippen molar-refractivity contribution in [3.8, 4) is 0 Å². The highest BCUT2D eigenvalue weighted by molar-refractivity contribution is 4.98. The molecule has 0 unspecified atom stereocenters. The molecular weight excluding hydrogens is 212 g/mol. The molecule has 1 aliphatic rings. The fourth-order valence-electron chi connectivity index (χ4n) is 2.63. The molecule has 1 aromatic rings. The third kappa shape index (κ3) is 3.58. The molecule has 0 aromatic carbocycles.